The molecule has 1 aromatic heterocycles. The molecule has 4 N–H and O–H groups in total. The molecule has 0 saturated carbocycles. The molecule has 2 atom stereocenters. The zero-order valence-electron chi connectivity index (χ0n) is 23.7. The molecule has 9 nitrogen and oxygen atoms in total. The molecule has 4 heterocycles. The lowest BCUT2D eigenvalue weighted by Gasteiger charge is -2.30. The molecule has 1 unspecified atom stereocenters. The Morgan fingerprint density at radius 3 is 2.53 bits per heavy atom. The Labute approximate surface area is 228 Å². The third kappa shape index (κ3) is 7.20. The van der Waals surface area contributed by atoms with Gasteiger partial charge in [0, 0.05) is 63.8 Å². The van der Waals surface area contributed by atoms with Crippen LogP contribution in [0, 0.1) is 11.3 Å². The van der Waals surface area contributed by atoms with Gasteiger partial charge in [-0.3, -0.25) is 4.90 Å². The number of benzene rings is 1. The Morgan fingerprint density at radius 1 is 1.08 bits per heavy atom. The minimum Gasteiger partial charge on any atom is -0.462 e. The molecular formula is C29H46N8O. The van der Waals surface area contributed by atoms with Crippen molar-refractivity contribution < 1.29 is 4.74 Å². The number of aryl methyl sites for hydroxylation is 1. The van der Waals surface area contributed by atoms with E-state index in [9.17, 15) is 0 Å². The number of piperazine rings is 1. The van der Waals surface area contributed by atoms with Gasteiger partial charge >= 0.3 is 6.01 Å². The smallest absolute Gasteiger partial charge is 0.318 e. The van der Waals surface area contributed by atoms with E-state index in [0.717, 1.165) is 57.3 Å². The maximum Gasteiger partial charge on any atom is 0.318 e. The summed E-state index contributed by atoms with van der Waals surface area (Å²) in [5, 5.41) is 14.3. The molecule has 38 heavy (non-hydrogen) atoms. The van der Waals surface area contributed by atoms with Crippen molar-refractivity contribution in [1.82, 2.24) is 25.5 Å². The lowest BCUT2D eigenvalue weighted by molar-refractivity contribution is 0.198. The summed E-state index contributed by atoms with van der Waals surface area (Å²) in [5.41, 5.74) is 9.96. The zero-order valence-corrected chi connectivity index (χ0v) is 23.7. The van der Waals surface area contributed by atoms with Crippen molar-refractivity contribution in [2.45, 2.75) is 71.6 Å². The first-order valence-corrected chi connectivity index (χ1v) is 14.2. The highest BCUT2D eigenvalue weighted by atomic mass is 16.5. The number of nitrogens with zero attached hydrogens (tertiary/aromatic N) is 5. The molecule has 3 aliphatic heterocycles. The normalized spacial score (nSPS) is 21.4. The number of ether oxygens (including phenoxy) is 1. The number of anilines is 1. The maximum atomic E-state index is 7.32. The van der Waals surface area contributed by atoms with Crippen molar-refractivity contribution in [3.05, 3.63) is 46.6 Å². The van der Waals surface area contributed by atoms with Crippen LogP contribution in [0.25, 0.3) is 0 Å². The summed E-state index contributed by atoms with van der Waals surface area (Å²) in [4.78, 5) is 14.9. The quantitative estimate of drug-likeness (QED) is 0.545. The number of nitrogens with two attached hydrogens (primary N) is 1. The molecule has 1 aromatic carbocycles. The number of hydrogen-bond acceptors (Lipinski definition) is 9. The summed E-state index contributed by atoms with van der Waals surface area (Å²) in [5.74, 6) is 1.09. The van der Waals surface area contributed by atoms with E-state index >= 15 is 0 Å². The molecule has 0 amide bonds. The van der Waals surface area contributed by atoms with Crippen LogP contribution in [0.15, 0.2) is 24.3 Å². The lowest BCUT2D eigenvalue weighted by Crippen LogP contribution is -2.44. The van der Waals surface area contributed by atoms with Gasteiger partial charge in [-0.25, -0.2) is 0 Å². The van der Waals surface area contributed by atoms with Crippen LogP contribution in [-0.4, -0.2) is 67.3 Å². The van der Waals surface area contributed by atoms with Gasteiger partial charge in [-0.1, -0.05) is 38.1 Å². The molecule has 2 aromatic rings. The standard InChI is InChI=1S/C24H32N6O.C2H3N.C2H6.CH5N/c1-2-6-19-17(4-1)7-8-22(19)30-14-20-21(15-30)27-24(31-16-18-5-3-9-26-18)28-23(20)29-12-10-25-11-13-29;1-2-3;2*1-2/h1-2,4,6,18,22,25-26H,3,5,7-16H2;1H3;1-2H3;2H2,1H3/t18-,22?;;;/m0.../s1. The van der Waals surface area contributed by atoms with E-state index in [0.29, 0.717) is 24.7 Å². The first-order valence-electron chi connectivity index (χ1n) is 14.2. The third-order valence-electron chi connectivity index (χ3n) is 7.30. The van der Waals surface area contributed by atoms with Crippen molar-refractivity contribution >= 4 is 5.82 Å². The Bertz CT molecular complexity index is 1030. The fraction of sp³-hybridized carbons (Fsp3) is 0.621. The predicted molar refractivity (Wildman–Crippen MR) is 153 cm³/mol. The minimum absolute atomic E-state index is 0.422. The van der Waals surface area contributed by atoms with Crippen LogP contribution in [0.5, 0.6) is 6.01 Å². The van der Waals surface area contributed by atoms with Crippen LogP contribution in [-0.2, 0) is 19.5 Å². The van der Waals surface area contributed by atoms with Gasteiger partial charge in [-0.15, -0.1) is 0 Å². The second kappa shape index (κ2) is 15.6. The summed E-state index contributed by atoms with van der Waals surface area (Å²) < 4.78 is 6.12. The van der Waals surface area contributed by atoms with E-state index in [-0.39, 0.29) is 0 Å². The topological polar surface area (TPSA) is 115 Å². The van der Waals surface area contributed by atoms with E-state index in [4.69, 9.17) is 20.0 Å². The molecule has 6 rings (SSSR count). The monoisotopic (exact) mass is 522 g/mol. The average Bonchev–Trinajstić information content (AvgIpc) is 3.74. The highest BCUT2D eigenvalue weighted by Gasteiger charge is 2.35. The molecule has 2 fully saturated rings. The third-order valence-corrected chi connectivity index (χ3v) is 7.30. The van der Waals surface area contributed by atoms with Crippen LogP contribution >= 0.6 is 0 Å². The summed E-state index contributed by atoms with van der Waals surface area (Å²) in [6.07, 6.45) is 4.76. The Kier molecular flexibility index (Phi) is 12.2. The molecule has 9 heteroatoms. The Hall–Kier alpha value is -2.77. The molecule has 2 saturated heterocycles. The number of nitriles is 1. The van der Waals surface area contributed by atoms with Crippen LogP contribution in [0.4, 0.5) is 5.82 Å². The Balaban J connectivity index is 0.000000526. The van der Waals surface area contributed by atoms with Gasteiger partial charge in [-0.2, -0.15) is 15.2 Å². The molecule has 4 aliphatic rings. The second-order valence-corrected chi connectivity index (χ2v) is 9.48. The van der Waals surface area contributed by atoms with E-state index < -0.39 is 0 Å². The highest BCUT2D eigenvalue weighted by molar-refractivity contribution is 5.52. The van der Waals surface area contributed by atoms with Crippen LogP contribution in [0.1, 0.15) is 68.5 Å². The lowest BCUT2D eigenvalue weighted by atomic mass is 10.1. The number of aromatic nitrogens is 2. The number of rotatable bonds is 5. The van der Waals surface area contributed by atoms with Crippen molar-refractivity contribution in [3.8, 4) is 12.1 Å². The summed E-state index contributed by atoms with van der Waals surface area (Å²) in [7, 11) is 1.50. The second-order valence-electron chi connectivity index (χ2n) is 9.48. The fourth-order valence-electron chi connectivity index (χ4n) is 5.65. The van der Waals surface area contributed by atoms with Crippen LogP contribution < -0.4 is 26.0 Å². The van der Waals surface area contributed by atoms with Crippen molar-refractivity contribution in [2.24, 2.45) is 5.73 Å². The van der Waals surface area contributed by atoms with Crippen LogP contribution in [0.3, 0.4) is 0 Å². The average molecular weight is 523 g/mol. The number of hydrogen-bond donors (Lipinski definition) is 3. The van der Waals surface area contributed by atoms with Crippen LogP contribution in [0.2, 0.25) is 0 Å². The largest absolute Gasteiger partial charge is 0.462 e. The first-order chi connectivity index (χ1) is 18.8. The van der Waals surface area contributed by atoms with Gasteiger partial charge in [0.2, 0.25) is 0 Å². The van der Waals surface area contributed by atoms with E-state index in [1.165, 1.54) is 56.3 Å². The summed E-state index contributed by atoms with van der Waals surface area (Å²) in [6.45, 7) is 13.0. The van der Waals surface area contributed by atoms with E-state index in [1.807, 2.05) is 13.8 Å². The Morgan fingerprint density at radius 2 is 1.82 bits per heavy atom. The zero-order chi connectivity index (χ0) is 27.3. The molecule has 208 valence electrons. The summed E-state index contributed by atoms with van der Waals surface area (Å²) >= 11 is 0. The highest BCUT2D eigenvalue weighted by Crippen LogP contribution is 2.41. The van der Waals surface area contributed by atoms with E-state index in [1.54, 1.807) is 6.07 Å². The first kappa shape index (κ1) is 29.8. The van der Waals surface area contributed by atoms with Gasteiger partial charge in [0.15, 0.2) is 0 Å². The number of fused-ring (bicyclic) bond motifs is 2. The molecule has 1 aliphatic carbocycles. The van der Waals surface area contributed by atoms with Gasteiger partial charge in [0.05, 0.1) is 11.8 Å². The minimum atomic E-state index is 0.422. The van der Waals surface area contributed by atoms with Crippen molar-refractivity contribution in [3.63, 3.8) is 0 Å². The molecule has 0 bridgehead atoms. The maximum absolute atomic E-state index is 7.32. The fourth-order valence-corrected chi connectivity index (χ4v) is 5.65. The predicted octanol–water partition coefficient (Wildman–Crippen LogP) is 3.15. The van der Waals surface area contributed by atoms with Gasteiger partial charge < -0.3 is 26.0 Å². The molecule has 0 radical (unpaired) electrons. The number of nitrogens with one attached hydrogen (secondary N) is 2. The van der Waals surface area contributed by atoms with Gasteiger partial charge in [-0.05, 0) is 50.4 Å². The summed E-state index contributed by atoms with van der Waals surface area (Å²) in [6, 6.07) is 12.1. The van der Waals surface area contributed by atoms with Gasteiger partial charge in [0.1, 0.15) is 12.4 Å². The van der Waals surface area contributed by atoms with Crippen molar-refractivity contribution in [1.29, 1.82) is 5.26 Å². The molecule has 0 spiro atoms. The van der Waals surface area contributed by atoms with E-state index in [2.05, 4.69) is 50.4 Å². The molecular weight excluding hydrogens is 476 g/mol. The van der Waals surface area contributed by atoms with Crippen molar-refractivity contribution in [2.75, 3.05) is 51.3 Å². The SMILES string of the molecule is CC.CC#N.CN.c1ccc2c(c1)CCC2N1Cc2nc(OC[C@@H]3CCCN3)nc(N3CCNCC3)c2C1. The van der Waals surface area contributed by atoms with Gasteiger partial charge in [0.25, 0.3) is 0 Å².